The van der Waals surface area contributed by atoms with Crippen LogP contribution in [0.4, 0.5) is 4.79 Å². The van der Waals surface area contributed by atoms with Crippen LogP contribution in [0, 0.1) is 25.7 Å². The predicted octanol–water partition coefficient (Wildman–Crippen LogP) is 6.44. The molecule has 7 nitrogen and oxygen atoms in total. The highest BCUT2D eigenvalue weighted by Gasteiger charge is 2.40. The molecule has 0 aliphatic carbocycles. The average molecular weight is 562 g/mol. The molecule has 1 amide bonds. The molecule has 1 aliphatic rings. The minimum atomic E-state index is -1.37. The van der Waals surface area contributed by atoms with Crippen molar-refractivity contribution in [1.29, 1.82) is 0 Å². The Balaban J connectivity index is 1.59. The summed E-state index contributed by atoms with van der Waals surface area (Å²) in [6.07, 6.45) is 2.08. The Bertz CT molecular complexity index is 1360. The summed E-state index contributed by atoms with van der Waals surface area (Å²) in [4.78, 5) is 41.1. The van der Waals surface area contributed by atoms with Gasteiger partial charge < -0.3 is 19.5 Å². The van der Waals surface area contributed by atoms with Crippen molar-refractivity contribution in [2.75, 3.05) is 19.3 Å². The molecule has 0 radical (unpaired) electrons. The maximum Gasteiger partial charge on any atom is 0.415 e. The summed E-state index contributed by atoms with van der Waals surface area (Å²) in [6.45, 7) is 7.46. The van der Waals surface area contributed by atoms with Crippen LogP contribution < -0.4 is 9.47 Å². The maximum absolute atomic E-state index is 13.7. The number of carboxylic acid groups (broad SMARTS) is 1. The number of ketones is 1. The molecule has 4 rings (SSSR count). The van der Waals surface area contributed by atoms with Gasteiger partial charge in [0.05, 0.1) is 0 Å². The van der Waals surface area contributed by atoms with Crippen LogP contribution in [0.15, 0.2) is 71.6 Å². The van der Waals surface area contributed by atoms with Crippen LogP contribution in [0.1, 0.15) is 40.9 Å². The van der Waals surface area contributed by atoms with Crippen LogP contribution in [0.5, 0.6) is 11.5 Å². The normalized spacial score (nSPS) is 17.0. The van der Waals surface area contributed by atoms with E-state index in [2.05, 4.69) is 0 Å². The number of hydrogen-bond acceptors (Lipinski definition) is 6. The number of rotatable bonds is 9. The zero-order chi connectivity index (χ0) is 29.0. The number of nitrogens with zero attached hydrogens (tertiary/aromatic N) is 1. The zero-order valence-electron chi connectivity index (χ0n) is 23.5. The fourth-order valence-electron chi connectivity index (χ4n) is 5.07. The average Bonchev–Trinajstić information content (AvgIpc) is 3.34. The topological polar surface area (TPSA) is 93.1 Å². The van der Waals surface area contributed by atoms with Gasteiger partial charge in [-0.3, -0.25) is 4.79 Å². The lowest BCUT2D eigenvalue weighted by atomic mass is 9.84. The van der Waals surface area contributed by atoms with Gasteiger partial charge in [-0.25, -0.2) is 9.59 Å². The Morgan fingerprint density at radius 2 is 1.60 bits per heavy atom. The summed E-state index contributed by atoms with van der Waals surface area (Å²) >= 11 is 1.61. The van der Waals surface area contributed by atoms with E-state index in [1.54, 1.807) is 40.9 Å². The first kappa shape index (κ1) is 29.2. The number of carbonyl (C=O) groups excluding carboxylic acids is 2. The third kappa shape index (κ3) is 6.67. The summed E-state index contributed by atoms with van der Waals surface area (Å²) in [5.74, 6) is -0.572. The molecule has 8 heteroatoms. The lowest BCUT2D eigenvalue weighted by Crippen LogP contribution is -2.38. The van der Waals surface area contributed by atoms with E-state index < -0.39 is 23.6 Å². The number of Topliss-reactive ketones (excluding diaryl/α,β-unsaturated/α-hetero) is 1. The first-order valence-corrected chi connectivity index (χ1v) is 14.4. The van der Waals surface area contributed by atoms with Gasteiger partial charge in [-0.1, -0.05) is 42.5 Å². The van der Waals surface area contributed by atoms with Crippen LogP contribution in [0.25, 0.3) is 0 Å². The van der Waals surface area contributed by atoms with Crippen molar-refractivity contribution in [1.82, 2.24) is 4.90 Å². The molecule has 1 saturated heterocycles. The summed E-state index contributed by atoms with van der Waals surface area (Å²) < 4.78 is 11.5. The molecule has 0 bridgehead atoms. The third-order valence-electron chi connectivity index (χ3n) is 7.25. The van der Waals surface area contributed by atoms with Crippen molar-refractivity contribution in [3.63, 3.8) is 0 Å². The molecule has 2 atom stereocenters. The smallest absolute Gasteiger partial charge is 0.415 e. The number of benzene rings is 3. The van der Waals surface area contributed by atoms with Crippen molar-refractivity contribution in [2.45, 2.75) is 44.6 Å². The number of hydrogen-bond donors (Lipinski definition) is 1. The lowest BCUT2D eigenvalue weighted by molar-refractivity contribution is -0.152. The highest BCUT2D eigenvalue weighted by molar-refractivity contribution is 7.98. The molecule has 0 aromatic heterocycles. The van der Waals surface area contributed by atoms with Crippen molar-refractivity contribution < 1.29 is 29.0 Å². The Hall–Kier alpha value is -3.78. The van der Waals surface area contributed by atoms with Gasteiger partial charge in [-0.05, 0) is 87.2 Å². The first-order chi connectivity index (χ1) is 19.0. The molecular formula is C32H35NO6S. The lowest BCUT2D eigenvalue weighted by Gasteiger charge is -2.25. The van der Waals surface area contributed by atoms with E-state index in [9.17, 15) is 19.5 Å². The first-order valence-electron chi connectivity index (χ1n) is 13.2. The highest BCUT2D eigenvalue weighted by atomic mass is 32.2. The molecule has 1 fully saturated rings. The van der Waals surface area contributed by atoms with Crippen molar-refractivity contribution in [3.8, 4) is 11.5 Å². The second-order valence-electron chi connectivity index (χ2n) is 10.7. The molecule has 3 aromatic rings. The quantitative estimate of drug-likeness (QED) is 0.237. The Kier molecular flexibility index (Phi) is 8.88. The van der Waals surface area contributed by atoms with Gasteiger partial charge in [0.25, 0.3) is 0 Å². The Morgan fingerprint density at radius 1 is 0.975 bits per heavy atom. The minimum absolute atomic E-state index is 0.00395. The zero-order valence-corrected chi connectivity index (χ0v) is 24.3. The SMILES string of the molecule is CSc1ccc(C(=O)[C@@H]2CN(C(=O)Oc3ccccc3)CC2Cc2cc(C)c(OC(C)(C)C(=O)O)c(C)c2)cc1. The van der Waals surface area contributed by atoms with Gasteiger partial charge in [-0.2, -0.15) is 0 Å². The molecule has 1 heterocycles. The fourth-order valence-corrected chi connectivity index (χ4v) is 5.48. The van der Waals surface area contributed by atoms with Crippen LogP contribution in [0.3, 0.4) is 0 Å². The van der Waals surface area contributed by atoms with Gasteiger partial charge in [-0.15, -0.1) is 11.8 Å². The summed E-state index contributed by atoms with van der Waals surface area (Å²) in [5, 5.41) is 9.50. The number of para-hydroxylation sites is 1. The molecule has 210 valence electrons. The second-order valence-corrected chi connectivity index (χ2v) is 11.6. The number of carboxylic acids is 1. The van der Waals surface area contributed by atoms with Crippen LogP contribution in [-0.2, 0) is 11.2 Å². The fraction of sp³-hybridized carbons (Fsp3) is 0.344. The van der Waals surface area contributed by atoms with Gasteiger partial charge in [0.1, 0.15) is 11.5 Å². The molecule has 40 heavy (non-hydrogen) atoms. The van der Waals surface area contributed by atoms with E-state index >= 15 is 0 Å². The highest BCUT2D eigenvalue weighted by Crippen LogP contribution is 2.34. The van der Waals surface area contributed by atoms with E-state index in [0.29, 0.717) is 30.0 Å². The molecule has 0 spiro atoms. The number of aliphatic carboxylic acids is 1. The van der Waals surface area contributed by atoms with E-state index in [0.717, 1.165) is 21.6 Å². The van der Waals surface area contributed by atoms with Gasteiger partial charge in [0, 0.05) is 29.5 Å². The molecular weight excluding hydrogens is 526 g/mol. The molecule has 0 saturated carbocycles. The standard InChI is InChI=1S/C32H35NO6S/c1-20-15-22(16-21(2)29(20)39-32(3,4)30(35)36)17-24-18-33(31(37)38-25-9-7-6-8-10-25)19-27(24)28(34)23-11-13-26(40-5)14-12-23/h6-16,24,27H,17-19H2,1-5H3,(H,35,36)/t24?,27-/m1/s1. The second kappa shape index (κ2) is 12.2. The Labute approximate surface area is 239 Å². The molecule has 1 unspecified atom stereocenters. The van der Waals surface area contributed by atoms with E-state index in [-0.39, 0.29) is 18.2 Å². The van der Waals surface area contributed by atoms with E-state index in [1.165, 1.54) is 13.8 Å². The number of amides is 1. The number of thioether (sulfide) groups is 1. The van der Waals surface area contributed by atoms with Gasteiger partial charge in [0.15, 0.2) is 11.4 Å². The third-order valence-corrected chi connectivity index (χ3v) is 7.99. The number of likely N-dealkylation sites (tertiary alicyclic amines) is 1. The van der Waals surface area contributed by atoms with E-state index in [1.807, 2.05) is 62.6 Å². The van der Waals surface area contributed by atoms with Crippen molar-refractivity contribution in [3.05, 3.63) is 89.0 Å². The molecule has 1 N–H and O–H groups in total. The Morgan fingerprint density at radius 3 is 2.17 bits per heavy atom. The largest absolute Gasteiger partial charge is 0.478 e. The number of aryl methyl sites for hydroxylation is 2. The summed E-state index contributed by atoms with van der Waals surface area (Å²) in [6, 6.07) is 20.4. The van der Waals surface area contributed by atoms with Gasteiger partial charge in [0.2, 0.25) is 0 Å². The molecule has 1 aliphatic heterocycles. The maximum atomic E-state index is 13.7. The van der Waals surface area contributed by atoms with Crippen molar-refractivity contribution >= 4 is 29.6 Å². The van der Waals surface area contributed by atoms with Crippen molar-refractivity contribution in [2.24, 2.45) is 11.8 Å². The van der Waals surface area contributed by atoms with Crippen LogP contribution >= 0.6 is 11.8 Å². The van der Waals surface area contributed by atoms with Crippen LogP contribution in [0.2, 0.25) is 0 Å². The predicted molar refractivity (Wildman–Crippen MR) is 156 cm³/mol. The number of ether oxygens (including phenoxy) is 2. The summed E-state index contributed by atoms with van der Waals surface area (Å²) in [5.41, 5.74) is 1.88. The van der Waals surface area contributed by atoms with Gasteiger partial charge >= 0.3 is 12.1 Å². The molecule has 3 aromatic carbocycles. The van der Waals surface area contributed by atoms with Crippen LogP contribution in [-0.4, -0.2) is 52.8 Å². The number of carbonyl (C=O) groups is 3. The minimum Gasteiger partial charge on any atom is -0.478 e. The summed E-state index contributed by atoms with van der Waals surface area (Å²) in [7, 11) is 0. The van der Waals surface area contributed by atoms with E-state index in [4.69, 9.17) is 9.47 Å². The monoisotopic (exact) mass is 561 g/mol.